The molecule has 0 atom stereocenters. The van der Waals surface area contributed by atoms with Crippen molar-refractivity contribution in [2.45, 2.75) is 38.6 Å². The minimum Gasteiger partial charge on any atom is -0.356 e. The molecule has 126 valence electrons. The summed E-state index contributed by atoms with van der Waals surface area (Å²) in [6.07, 6.45) is 9.18. The molecule has 0 radical (unpaired) electrons. The number of hydrogen-bond donors (Lipinski definition) is 2. The summed E-state index contributed by atoms with van der Waals surface area (Å²) in [5.41, 5.74) is 0. The van der Waals surface area contributed by atoms with Crippen molar-refractivity contribution >= 4 is 5.96 Å². The molecule has 1 heterocycles. The summed E-state index contributed by atoms with van der Waals surface area (Å²) in [5.74, 6) is 0.949. The van der Waals surface area contributed by atoms with Crippen LogP contribution in [0.5, 0.6) is 0 Å². The van der Waals surface area contributed by atoms with Gasteiger partial charge in [-0.05, 0) is 38.8 Å². The molecule has 22 heavy (non-hydrogen) atoms. The van der Waals surface area contributed by atoms with E-state index in [1.54, 1.807) is 0 Å². The third-order valence-corrected chi connectivity index (χ3v) is 4.68. The van der Waals surface area contributed by atoms with Crippen LogP contribution in [0.2, 0.25) is 0 Å². The first-order valence-electron chi connectivity index (χ1n) is 8.88. The van der Waals surface area contributed by atoms with Gasteiger partial charge in [0.2, 0.25) is 0 Å². The molecule has 2 N–H and O–H groups in total. The molecule has 0 unspecified atom stereocenters. The second-order valence-corrected chi connectivity index (χ2v) is 6.27. The second kappa shape index (κ2) is 9.85. The number of unbranched alkanes of at least 4 members (excludes halogenated alkanes) is 1. The normalized spacial score (nSPS) is 21.5. The predicted molar refractivity (Wildman–Crippen MR) is 94.4 cm³/mol. The minimum absolute atomic E-state index is 0.529. The Hall–Kier alpha value is -1.07. The lowest BCUT2D eigenvalue weighted by molar-refractivity contribution is 0.136. The number of nitrogens with zero attached hydrogens (tertiary/aromatic N) is 3. The highest BCUT2D eigenvalue weighted by Gasteiger charge is 2.14. The lowest BCUT2D eigenvalue weighted by Gasteiger charge is -2.34. The Balaban J connectivity index is 1.49. The van der Waals surface area contributed by atoms with Crippen molar-refractivity contribution in [1.29, 1.82) is 0 Å². The third-order valence-electron chi connectivity index (χ3n) is 4.68. The zero-order chi connectivity index (χ0) is 15.6. The summed E-state index contributed by atoms with van der Waals surface area (Å²) in [6, 6.07) is 0.529. The number of rotatable bonds is 7. The zero-order valence-electron chi connectivity index (χ0n) is 14.4. The number of likely N-dealkylation sites (N-methyl/N-ethyl adjacent to an activating group) is 1. The van der Waals surface area contributed by atoms with E-state index in [-0.39, 0.29) is 0 Å². The molecule has 5 nitrogen and oxygen atoms in total. The smallest absolute Gasteiger partial charge is 0.191 e. The predicted octanol–water partition coefficient (Wildman–Crippen LogP) is 1.29. The Morgan fingerprint density at radius 1 is 1.09 bits per heavy atom. The maximum absolute atomic E-state index is 4.31. The molecule has 0 spiro atoms. The summed E-state index contributed by atoms with van der Waals surface area (Å²) < 4.78 is 0. The fourth-order valence-electron chi connectivity index (χ4n) is 3.12. The molecule has 5 heteroatoms. The third kappa shape index (κ3) is 5.97. The standard InChI is InChI=1S/C17H33N5/c1-3-21-12-14-22(15-13-21)11-7-6-10-19-17(18-2)20-16-8-4-5-9-16/h4-5,16H,3,6-15H2,1-2H3,(H2,18,19,20). The molecule has 1 saturated heterocycles. The van der Waals surface area contributed by atoms with Gasteiger partial charge in [0.1, 0.15) is 0 Å². The molecule has 0 aromatic carbocycles. The van der Waals surface area contributed by atoms with E-state index in [0.29, 0.717) is 6.04 Å². The molecule has 2 rings (SSSR count). The summed E-state index contributed by atoms with van der Waals surface area (Å²) in [5, 5.41) is 6.91. The molecule has 1 aliphatic carbocycles. The van der Waals surface area contributed by atoms with Gasteiger partial charge in [0.15, 0.2) is 5.96 Å². The van der Waals surface area contributed by atoms with Crippen LogP contribution < -0.4 is 10.6 Å². The lowest BCUT2D eigenvalue weighted by Crippen LogP contribution is -2.46. The fourth-order valence-corrected chi connectivity index (χ4v) is 3.12. The number of aliphatic imine (C=N–C) groups is 1. The van der Waals surface area contributed by atoms with E-state index in [0.717, 1.165) is 25.3 Å². The highest BCUT2D eigenvalue weighted by atomic mass is 15.3. The number of piperazine rings is 1. The van der Waals surface area contributed by atoms with Crippen molar-refractivity contribution in [2.75, 3.05) is 52.9 Å². The van der Waals surface area contributed by atoms with Crippen molar-refractivity contribution in [2.24, 2.45) is 4.99 Å². The van der Waals surface area contributed by atoms with E-state index in [1.807, 2.05) is 7.05 Å². The largest absolute Gasteiger partial charge is 0.356 e. The Bertz CT molecular complexity index is 350. The van der Waals surface area contributed by atoms with Gasteiger partial charge >= 0.3 is 0 Å². The summed E-state index contributed by atoms with van der Waals surface area (Å²) in [6.45, 7) is 10.6. The van der Waals surface area contributed by atoms with E-state index in [2.05, 4.69) is 44.5 Å². The monoisotopic (exact) mass is 307 g/mol. The molecule has 0 bridgehead atoms. The number of nitrogens with one attached hydrogen (secondary N) is 2. The first-order valence-corrected chi connectivity index (χ1v) is 8.88. The van der Waals surface area contributed by atoms with Crippen LogP contribution in [0.25, 0.3) is 0 Å². The van der Waals surface area contributed by atoms with Crippen LogP contribution in [0.4, 0.5) is 0 Å². The maximum atomic E-state index is 4.31. The van der Waals surface area contributed by atoms with Gasteiger partial charge in [-0.3, -0.25) is 4.99 Å². The van der Waals surface area contributed by atoms with Crippen molar-refractivity contribution in [3.63, 3.8) is 0 Å². The van der Waals surface area contributed by atoms with Crippen LogP contribution in [-0.2, 0) is 0 Å². The van der Waals surface area contributed by atoms with Crippen LogP contribution in [-0.4, -0.2) is 74.7 Å². The van der Waals surface area contributed by atoms with E-state index < -0.39 is 0 Å². The average Bonchev–Trinajstić information content (AvgIpc) is 3.07. The molecule has 2 aliphatic rings. The first kappa shape index (κ1) is 17.3. The summed E-state index contributed by atoms with van der Waals surface area (Å²) in [4.78, 5) is 9.44. The number of hydrogen-bond acceptors (Lipinski definition) is 3. The van der Waals surface area contributed by atoms with Crippen LogP contribution in [0.1, 0.15) is 32.6 Å². The SMILES string of the molecule is CCN1CCN(CCCCNC(=NC)NC2CC=CC2)CC1. The molecular weight excluding hydrogens is 274 g/mol. The molecule has 0 aromatic rings. The van der Waals surface area contributed by atoms with E-state index in [4.69, 9.17) is 0 Å². The highest BCUT2D eigenvalue weighted by Crippen LogP contribution is 2.08. The zero-order valence-corrected chi connectivity index (χ0v) is 14.4. The molecule has 1 fully saturated rings. The van der Waals surface area contributed by atoms with Gasteiger partial charge in [0.05, 0.1) is 0 Å². The van der Waals surface area contributed by atoms with Gasteiger partial charge in [-0.1, -0.05) is 19.1 Å². The Labute approximate surface area is 135 Å². The number of guanidine groups is 1. The fraction of sp³-hybridized carbons (Fsp3) is 0.824. The minimum atomic E-state index is 0.529. The van der Waals surface area contributed by atoms with Crippen molar-refractivity contribution in [1.82, 2.24) is 20.4 Å². The van der Waals surface area contributed by atoms with Gasteiger partial charge in [0.25, 0.3) is 0 Å². The average molecular weight is 307 g/mol. The molecule has 0 saturated carbocycles. The van der Waals surface area contributed by atoms with Gasteiger partial charge in [-0.15, -0.1) is 0 Å². The Kier molecular flexibility index (Phi) is 7.74. The van der Waals surface area contributed by atoms with Crippen LogP contribution >= 0.6 is 0 Å². The lowest BCUT2D eigenvalue weighted by atomic mass is 10.2. The molecular formula is C17H33N5. The van der Waals surface area contributed by atoms with Crippen molar-refractivity contribution < 1.29 is 0 Å². The molecule has 1 aliphatic heterocycles. The van der Waals surface area contributed by atoms with E-state index in [1.165, 1.54) is 52.1 Å². The second-order valence-electron chi connectivity index (χ2n) is 6.27. The molecule has 0 amide bonds. The van der Waals surface area contributed by atoms with Gasteiger partial charge in [-0.25, -0.2) is 0 Å². The molecule has 0 aromatic heterocycles. The van der Waals surface area contributed by atoms with Gasteiger partial charge in [-0.2, -0.15) is 0 Å². The van der Waals surface area contributed by atoms with Crippen LogP contribution in [0, 0.1) is 0 Å². The summed E-state index contributed by atoms with van der Waals surface area (Å²) in [7, 11) is 1.85. The Morgan fingerprint density at radius 2 is 1.77 bits per heavy atom. The van der Waals surface area contributed by atoms with E-state index in [9.17, 15) is 0 Å². The maximum Gasteiger partial charge on any atom is 0.191 e. The van der Waals surface area contributed by atoms with Crippen LogP contribution in [0.3, 0.4) is 0 Å². The highest BCUT2D eigenvalue weighted by molar-refractivity contribution is 5.80. The van der Waals surface area contributed by atoms with Gasteiger partial charge < -0.3 is 20.4 Å². The quantitative estimate of drug-likeness (QED) is 0.322. The first-order chi connectivity index (χ1) is 10.8. The van der Waals surface area contributed by atoms with Gasteiger partial charge in [0, 0.05) is 45.8 Å². The topological polar surface area (TPSA) is 42.9 Å². The Morgan fingerprint density at radius 3 is 2.41 bits per heavy atom. The summed E-state index contributed by atoms with van der Waals surface area (Å²) >= 11 is 0. The van der Waals surface area contributed by atoms with Crippen molar-refractivity contribution in [3.05, 3.63) is 12.2 Å². The van der Waals surface area contributed by atoms with Crippen LogP contribution in [0.15, 0.2) is 17.1 Å². The van der Waals surface area contributed by atoms with E-state index >= 15 is 0 Å². The van der Waals surface area contributed by atoms with Crippen molar-refractivity contribution in [3.8, 4) is 0 Å².